The third kappa shape index (κ3) is 5.83. The minimum atomic E-state index is -0.512. The predicted octanol–water partition coefficient (Wildman–Crippen LogP) is 6.85. The molecule has 0 saturated heterocycles. The lowest BCUT2D eigenvalue weighted by Crippen LogP contribution is -2.34. The van der Waals surface area contributed by atoms with E-state index in [1.54, 1.807) is 54.7 Å². The normalized spacial score (nSPS) is 11.9. The Kier molecular flexibility index (Phi) is 8.38. The maximum atomic E-state index is 13.9. The molecule has 1 atom stereocenters. The number of aromatic nitrogens is 3. The second-order valence-electron chi connectivity index (χ2n) is 9.25. The van der Waals surface area contributed by atoms with E-state index < -0.39 is 6.04 Å². The molecule has 0 aliphatic carbocycles. The number of hydrogen-bond acceptors (Lipinski definition) is 5. The van der Waals surface area contributed by atoms with Crippen molar-refractivity contribution in [1.82, 2.24) is 20.1 Å². The van der Waals surface area contributed by atoms with Gasteiger partial charge in [0, 0.05) is 29.9 Å². The molecular weight excluding hydrogens is 531 g/mol. The van der Waals surface area contributed by atoms with Crippen LogP contribution in [-0.2, 0) is 11.3 Å². The number of amides is 1. The van der Waals surface area contributed by atoms with Crippen LogP contribution in [0.15, 0.2) is 85.2 Å². The number of H-pyrrole nitrogens is 1. The van der Waals surface area contributed by atoms with Crippen LogP contribution in [0.2, 0.25) is 5.15 Å². The molecule has 0 aliphatic heterocycles. The highest BCUT2D eigenvalue weighted by molar-refractivity contribution is 6.34. The summed E-state index contributed by atoms with van der Waals surface area (Å²) in [5, 5.41) is 8.10. The average Bonchev–Trinajstić information content (AvgIpc) is 3.47. The molecule has 2 aromatic heterocycles. The van der Waals surface area contributed by atoms with Gasteiger partial charge in [0.15, 0.2) is 0 Å². The standard InChI is InChI=1S/C31H28ClFN4O3/c1-3-40-28-15-22(12-13-24(28)21-10-7-11-23(33)14-21)31(38)37(2)27(19-39-18-20-8-5-4-6-9-20)25-16-34-30(32)26-17-35-36-29(25)26/h4-17,27H,3,18-19H2,1-2H3,(H,35,36). The van der Waals surface area contributed by atoms with Crippen LogP contribution in [0.25, 0.3) is 22.0 Å². The maximum absolute atomic E-state index is 13.9. The van der Waals surface area contributed by atoms with Crippen LogP contribution in [0.3, 0.4) is 0 Å². The van der Waals surface area contributed by atoms with E-state index >= 15 is 0 Å². The Morgan fingerprint density at radius 3 is 2.67 bits per heavy atom. The van der Waals surface area contributed by atoms with Gasteiger partial charge >= 0.3 is 0 Å². The number of ether oxygens (including phenoxy) is 2. The number of halogens is 2. The van der Waals surface area contributed by atoms with Crippen LogP contribution < -0.4 is 4.74 Å². The number of likely N-dealkylation sites (N-methyl/N-ethyl adjacent to an activating group) is 1. The van der Waals surface area contributed by atoms with E-state index in [4.69, 9.17) is 21.1 Å². The summed E-state index contributed by atoms with van der Waals surface area (Å²) in [5.41, 5.74) is 4.21. The molecule has 1 N–H and O–H groups in total. The number of benzene rings is 3. The predicted molar refractivity (Wildman–Crippen MR) is 153 cm³/mol. The summed E-state index contributed by atoms with van der Waals surface area (Å²) < 4.78 is 25.9. The summed E-state index contributed by atoms with van der Waals surface area (Å²) in [7, 11) is 1.72. The van der Waals surface area contributed by atoms with Gasteiger partial charge in [0.25, 0.3) is 5.91 Å². The molecular formula is C31H28ClFN4O3. The maximum Gasteiger partial charge on any atom is 0.254 e. The van der Waals surface area contributed by atoms with Crippen molar-refractivity contribution < 1.29 is 18.7 Å². The van der Waals surface area contributed by atoms with E-state index in [1.165, 1.54) is 12.1 Å². The minimum absolute atomic E-state index is 0.203. The summed E-state index contributed by atoms with van der Waals surface area (Å²) >= 11 is 6.30. The molecule has 9 heteroatoms. The van der Waals surface area contributed by atoms with Gasteiger partial charge in [-0.25, -0.2) is 9.37 Å². The number of pyridine rings is 1. The van der Waals surface area contributed by atoms with Gasteiger partial charge in [-0.15, -0.1) is 0 Å². The van der Waals surface area contributed by atoms with Crippen molar-refractivity contribution in [3.05, 3.63) is 113 Å². The Bertz CT molecular complexity index is 1630. The molecule has 0 bridgehead atoms. The molecule has 2 heterocycles. The van der Waals surface area contributed by atoms with E-state index in [2.05, 4.69) is 15.2 Å². The number of rotatable bonds is 10. The molecule has 0 saturated carbocycles. The molecule has 204 valence electrons. The Morgan fingerprint density at radius 1 is 1.07 bits per heavy atom. The topological polar surface area (TPSA) is 80.3 Å². The van der Waals surface area contributed by atoms with Crippen LogP contribution in [-0.4, -0.2) is 46.2 Å². The van der Waals surface area contributed by atoms with Crippen LogP contribution in [0, 0.1) is 5.82 Å². The van der Waals surface area contributed by atoms with Crippen molar-refractivity contribution >= 4 is 28.4 Å². The summed E-state index contributed by atoms with van der Waals surface area (Å²) in [6.45, 7) is 2.83. The first-order valence-corrected chi connectivity index (χ1v) is 13.2. The zero-order valence-electron chi connectivity index (χ0n) is 22.1. The zero-order chi connectivity index (χ0) is 28.1. The molecule has 5 rings (SSSR count). The number of nitrogens with one attached hydrogen (secondary N) is 1. The zero-order valence-corrected chi connectivity index (χ0v) is 22.9. The number of nitrogens with zero attached hydrogens (tertiary/aromatic N) is 3. The molecule has 1 amide bonds. The second kappa shape index (κ2) is 12.3. The van der Waals surface area contributed by atoms with Crippen molar-refractivity contribution in [2.24, 2.45) is 0 Å². The molecule has 0 aliphatic rings. The Balaban J connectivity index is 1.47. The first kappa shape index (κ1) is 27.3. The monoisotopic (exact) mass is 558 g/mol. The summed E-state index contributed by atoms with van der Waals surface area (Å²) in [6.07, 6.45) is 3.25. The lowest BCUT2D eigenvalue weighted by molar-refractivity contribution is 0.0454. The molecule has 0 spiro atoms. The van der Waals surface area contributed by atoms with Crippen LogP contribution in [0.5, 0.6) is 5.75 Å². The lowest BCUT2D eigenvalue weighted by Gasteiger charge is -2.29. The van der Waals surface area contributed by atoms with Gasteiger partial charge in [0.2, 0.25) is 0 Å². The van der Waals surface area contributed by atoms with Crippen molar-refractivity contribution in [2.45, 2.75) is 19.6 Å². The number of carbonyl (C=O) groups excluding carboxylic acids is 1. The van der Waals surface area contributed by atoms with E-state index in [0.29, 0.717) is 51.7 Å². The average molecular weight is 559 g/mol. The molecule has 1 unspecified atom stereocenters. The third-order valence-corrected chi connectivity index (χ3v) is 6.97. The van der Waals surface area contributed by atoms with Crippen LogP contribution in [0.4, 0.5) is 4.39 Å². The number of fused-ring (bicyclic) bond motifs is 1. The first-order valence-electron chi connectivity index (χ1n) is 12.8. The third-order valence-electron chi connectivity index (χ3n) is 6.67. The Morgan fingerprint density at radius 2 is 1.90 bits per heavy atom. The van der Waals surface area contributed by atoms with E-state index in [-0.39, 0.29) is 18.3 Å². The van der Waals surface area contributed by atoms with Gasteiger partial charge in [0.05, 0.1) is 43.0 Å². The largest absolute Gasteiger partial charge is 0.493 e. The highest BCUT2D eigenvalue weighted by Gasteiger charge is 2.27. The van der Waals surface area contributed by atoms with Gasteiger partial charge in [-0.2, -0.15) is 5.10 Å². The second-order valence-corrected chi connectivity index (χ2v) is 9.61. The van der Waals surface area contributed by atoms with Crippen LogP contribution >= 0.6 is 11.6 Å². The quantitative estimate of drug-likeness (QED) is 0.190. The van der Waals surface area contributed by atoms with E-state index in [1.807, 2.05) is 37.3 Å². The van der Waals surface area contributed by atoms with Gasteiger partial charge in [-0.05, 0) is 48.4 Å². The van der Waals surface area contributed by atoms with Gasteiger partial charge < -0.3 is 14.4 Å². The fraction of sp³-hybridized carbons (Fsp3) is 0.194. The van der Waals surface area contributed by atoms with Crippen molar-refractivity contribution in [3.63, 3.8) is 0 Å². The fourth-order valence-electron chi connectivity index (χ4n) is 4.62. The van der Waals surface area contributed by atoms with E-state index in [9.17, 15) is 9.18 Å². The molecule has 5 aromatic rings. The highest BCUT2D eigenvalue weighted by Crippen LogP contribution is 2.34. The fourth-order valence-corrected chi connectivity index (χ4v) is 4.81. The minimum Gasteiger partial charge on any atom is -0.493 e. The smallest absolute Gasteiger partial charge is 0.254 e. The van der Waals surface area contributed by atoms with E-state index in [0.717, 1.165) is 11.1 Å². The molecule has 3 aromatic carbocycles. The van der Waals surface area contributed by atoms with Crippen LogP contribution in [0.1, 0.15) is 34.5 Å². The number of aromatic amines is 1. The van der Waals surface area contributed by atoms with Gasteiger partial charge in [-0.3, -0.25) is 9.89 Å². The van der Waals surface area contributed by atoms with Crippen molar-refractivity contribution in [1.29, 1.82) is 0 Å². The molecule has 40 heavy (non-hydrogen) atoms. The lowest BCUT2D eigenvalue weighted by atomic mass is 10.0. The Labute approximate surface area is 236 Å². The summed E-state index contributed by atoms with van der Waals surface area (Å²) in [4.78, 5) is 19.8. The SMILES string of the molecule is CCOc1cc(C(=O)N(C)C(COCc2ccccc2)c2cnc(Cl)c3cn[nH]c23)ccc1-c1cccc(F)c1. The number of carbonyl (C=O) groups is 1. The Hall–Kier alpha value is -4.27. The molecule has 7 nitrogen and oxygen atoms in total. The van der Waals surface area contributed by atoms with Gasteiger partial charge in [-0.1, -0.05) is 54.1 Å². The summed E-state index contributed by atoms with van der Waals surface area (Å²) in [6, 6.07) is 20.8. The molecule has 0 fully saturated rings. The van der Waals surface area contributed by atoms with Gasteiger partial charge in [0.1, 0.15) is 16.7 Å². The first-order chi connectivity index (χ1) is 19.5. The van der Waals surface area contributed by atoms with Crippen molar-refractivity contribution in [3.8, 4) is 16.9 Å². The number of hydrogen-bond donors (Lipinski definition) is 1. The highest BCUT2D eigenvalue weighted by atomic mass is 35.5. The summed E-state index contributed by atoms with van der Waals surface area (Å²) in [5.74, 6) is -0.101. The van der Waals surface area contributed by atoms with Crippen molar-refractivity contribution in [2.75, 3.05) is 20.3 Å². The molecule has 0 radical (unpaired) electrons.